The van der Waals surface area contributed by atoms with Crippen LogP contribution in [-0.2, 0) is 0 Å². The number of hydrogen-bond donors (Lipinski definition) is 1. The highest BCUT2D eigenvalue weighted by atomic mass is 79.9. The number of pyridine rings is 1. The molecule has 16 heavy (non-hydrogen) atoms. The number of aromatic nitrogens is 1. The number of rotatable bonds is 6. The van der Waals surface area contributed by atoms with E-state index in [1.165, 1.54) is 0 Å². The van der Waals surface area contributed by atoms with Gasteiger partial charge in [0.15, 0.2) is 0 Å². The minimum Gasteiger partial charge on any atom is -0.308 e. The van der Waals surface area contributed by atoms with Crippen LogP contribution in [0.1, 0.15) is 45.3 Å². The van der Waals surface area contributed by atoms with Gasteiger partial charge in [0.05, 0.1) is 11.7 Å². The van der Waals surface area contributed by atoms with Gasteiger partial charge in [0.1, 0.15) is 0 Å². The molecular weight excluding hydrogens is 264 g/mol. The molecule has 2 unspecified atom stereocenters. The van der Waals surface area contributed by atoms with Crippen LogP contribution in [0.3, 0.4) is 0 Å². The van der Waals surface area contributed by atoms with Gasteiger partial charge in [-0.25, -0.2) is 0 Å². The summed E-state index contributed by atoms with van der Waals surface area (Å²) in [4.78, 5) is 4.49. The van der Waals surface area contributed by atoms with Crippen molar-refractivity contribution in [3.05, 3.63) is 28.5 Å². The third-order valence-corrected chi connectivity index (χ3v) is 3.58. The van der Waals surface area contributed by atoms with Gasteiger partial charge in [0.25, 0.3) is 0 Å². The first kappa shape index (κ1) is 13.7. The van der Waals surface area contributed by atoms with Crippen LogP contribution in [0.5, 0.6) is 0 Å². The third-order valence-electron chi connectivity index (χ3n) is 2.91. The van der Waals surface area contributed by atoms with E-state index in [4.69, 9.17) is 0 Å². The zero-order chi connectivity index (χ0) is 12.0. The van der Waals surface area contributed by atoms with E-state index >= 15 is 0 Å². The van der Waals surface area contributed by atoms with E-state index in [9.17, 15) is 0 Å². The molecule has 0 amide bonds. The maximum absolute atomic E-state index is 4.49. The Bertz CT molecular complexity index is 315. The van der Waals surface area contributed by atoms with Crippen molar-refractivity contribution in [2.45, 2.75) is 39.7 Å². The van der Waals surface area contributed by atoms with E-state index in [2.05, 4.69) is 53.1 Å². The number of halogens is 1. The van der Waals surface area contributed by atoms with Crippen LogP contribution >= 0.6 is 15.9 Å². The molecule has 0 fully saturated rings. The summed E-state index contributed by atoms with van der Waals surface area (Å²) in [6, 6.07) is 4.37. The van der Waals surface area contributed by atoms with Gasteiger partial charge in [-0.15, -0.1) is 0 Å². The van der Waals surface area contributed by atoms with E-state index in [0.717, 1.165) is 29.6 Å². The summed E-state index contributed by atoms with van der Waals surface area (Å²) in [5.41, 5.74) is 1.13. The summed E-state index contributed by atoms with van der Waals surface area (Å²) in [6.07, 6.45) is 4.17. The van der Waals surface area contributed by atoms with Crippen molar-refractivity contribution in [3.8, 4) is 0 Å². The quantitative estimate of drug-likeness (QED) is 0.856. The van der Waals surface area contributed by atoms with Gasteiger partial charge in [0.2, 0.25) is 0 Å². The first-order valence-corrected chi connectivity index (χ1v) is 6.83. The highest BCUT2D eigenvalue weighted by molar-refractivity contribution is 9.10. The average Bonchev–Trinajstić information content (AvgIpc) is 2.31. The van der Waals surface area contributed by atoms with Gasteiger partial charge >= 0.3 is 0 Å². The largest absolute Gasteiger partial charge is 0.308 e. The average molecular weight is 285 g/mol. The van der Waals surface area contributed by atoms with Crippen LogP contribution in [0.4, 0.5) is 0 Å². The monoisotopic (exact) mass is 284 g/mol. The first-order chi connectivity index (χ1) is 7.70. The fourth-order valence-corrected chi connectivity index (χ4v) is 2.23. The second-order valence-electron chi connectivity index (χ2n) is 4.19. The fraction of sp³-hybridized carbons (Fsp3) is 0.615. The molecular formula is C13H21BrN2. The molecule has 0 saturated carbocycles. The lowest BCUT2D eigenvalue weighted by molar-refractivity contribution is 0.369. The minimum absolute atomic E-state index is 0.348. The molecule has 1 N–H and O–H groups in total. The Labute approximate surface area is 107 Å². The molecule has 0 saturated heterocycles. The molecule has 0 spiro atoms. The van der Waals surface area contributed by atoms with Gasteiger partial charge in [-0.2, -0.15) is 0 Å². The molecule has 1 aromatic heterocycles. The normalized spacial score (nSPS) is 14.8. The Morgan fingerprint density at radius 3 is 2.75 bits per heavy atom. The molecule has 0 aliphatic carbocycles. The maximum Gasteiger partial charge on any atom is 0.0717 e. The zero-order valence-corrected chi connectivity index (χ0v) is 11.9. The molecule has 2 nitrogen and oxygen atoms in total. The van der Waals surface area contributed by atoms with E-state index in [1.807, 2.05) is 12.3 Å². The minimum atomic E-state index is 0.348. The van der Waals surface area contributed by atoms with Crippen molar-refractivity contribution in [1.82, 2.24) is 10.3 Å². The van der Waals surface area contributed by atoms with Crippen molar-refractivity contribution in [2.24, 2.45) is 5.92 Å². The number of hydrogen-bond acceptors (Lipinski definition) is 2. The van der Waals surface area contributed by atoms with Crippen LogP contribution in [0, 0.1) is 5.92 Å². The molecule has 90 valence electrons. The molecule has 3 heteroatoms. The standard InChI is InChI=1S/C13H21BrN2/c1-4-8-15-12(10(3)5-2)13-11(14)7-6-9-16-13/h6-7,9-10,12,15H,4-5,8H2,1-3H3. The summed E-state index contributed by atoms with van der Waals surface area (Å²) in [7, 11) is 0. The Kier molecular flexibility index (Phi) is 5.99. The van der Waals surface area contributed by atoms with Gasteiger partial charge < -0.3 is 5.32 Å². The molecule has 0 aliphatic heterocycles. The highest BCUT2D eigenvalue weighted by Crippen LogP contribution is 2.28. The number of nitrogens with zero attached hydrogens (tertiary/aromatic N) is 1. The summed E-state index contributed by atoms with van der Waals surface area (Å²) in [5, 5.41) is 3.58. The molecule has 0 aromatic carbocycles. The lowest BCUT2D eigenvalue weighted by Crippen LogP contribution is -2.28. The van der Waals surface area contributed by atoms with Crippen molar-refractivity contribution in [1.29, 1.82) is 0 Å². The summed E-state index contributed by atoms with van der Waals surface area (Å²) >= 11 is 3.58. The second-order valence-corrected chi connectivity index (χ2v) is 5.04. The highest BCUT2D eigenvalue weighted by Gasteiger charge is 2.20. The van der Waals surface area contributed by atoms with Crippen molar-refractivity contribution in [2.75, 3.05) is 6.54 Å². The van der Waals surface area contributed by atoms with Crippen molar-refractivity contribution in [3.63, 3.8) is 0 Å². The predicted octanol–water partition coefficient (Wildman–Crippen LogP) is 3.93. The van der Waals surface area contributed by atoms with Crippen LogP contribution in [0.15, 0.2) is 22.8 Å². The Morgan fingerprint density at radius 1 is 1.44 bits per heavy atom. The summed E-state index contributed by atoms with van der Waals surface area (Å²) in [5.74, 6) is 0.595. The van der Waals surface area contributed by atoms with E-state index in [1.54, 1.807) is 0 Å². The second kappa shape index (κ2) is 7.02. The summed E-state index contributed by atoms with van der Waals surface area (Å²) in [6.45, 7) is 7.72. The molecule has 1 aromatic rings. The molecule has 1 rings (SSSR count). The fourth-order valence-electron chi connectivity index (χ4n) is 1.73. The first-order valence-electron chi connectivity index (χ1n) is 6.04. The molecule has 1 heterocycles. The van der Waals surface area contributed by atoms with E-state index in [-0.39, 0.29) is 0 Å². The van der Waals surface area contributed by atoms with Gasteiger partial charge in [0, 0.05) is 10.7 Å². The lowest BCUT2D eigenvalue weighted by atomic mass is 9.96. The predicted molar refractivity (Wildman–Crippen MR) is 72.4 cm³/mol. The third kappa shape index (κ3) is 3.56. The maximum atomic E-state index is 4.49. The van der Waals surface area contributed by atoms with Crippen LogP contribution in [0.25, 0.3) is 0 Å². The van der Waals surface area contributed by atoms with Gasteiger partial charge in [-0.05, 0) is 46.9 Å². The molecule has 0 radical (unpaired) electrons. The Balaban J connectivity index is 2.87. The number of nitrogens with one attached hydrogen (secondary N) is 1. The smallest absolute Gasteiger partial charge is 0.0717 e. The Morgan fingerprint density at radius 2 is 2.19 bits per heavy atom. The van der Waals surface area contributed by atoms with Crippen molar-refractivity contribution >= 4 is 15.9 Å². The summed E-state index contributed by atoms with van der Waals surface area (Å²) < 4.78 is 1.10. The zero-order valence-electron chi connectivity index (χ0n) is 10.3. The van der Waals surface area contributed by atoms with Crippen LogP contribution in [0.2, 0.25) is 0 Å². The SMILES string of the molecule is CCCNC(c1ncccc1Br)C(C)CC. The van der Waals surface area contributed by atoms with Crippen LogP contribution < -0.4 is 5.32 Å². The molecule has 2 atom stereocenters. The van der Waals surface area contributed by atoms with E-state index < -0.39 is 0 Å². The lowest BCUT2D eigenvalue weighted by Gasteiger charge is -2.24. The van der Waals surface area contributed by atoms with Crippen molar-refractivity contribution < 1.29 is 0 Å². The molecule has 0 bridgehead atoms. The van der Waals surface area contributed by atoms with E-state index in [0.29, 0.717) is 12.0 Å². The van der Waals surface area contributed by atoms with Gasteiger partial charge in [-0.3, -0.25) is 4.98 Å². The van der Waals surface area contributed by atoms with Crippen LogP contribution in [-0.4, -0.2) is 11.5 Å². The molecule has 0 aliphatic rings. The Hall–Kier alpha value is -0.410. The van der Waals surface area contributed by atoms with Gasteiger partial charge in [-0.1, -0.05) is 27.2 Å². The topological polar surface area (TPSA) is 24.9 Å².